The summed E-state index contributed by atoms with van der Waals surface area (Å²) in [6, 6.07) is 48.2. The van der Waals surface area contributed by atoms with E-state index in [0.717, 1.165) is 65.4 Å². The van der Waals surface area contributed by atoms with Gasteiger partial charge in [0.2, 0.25) is 0 Å². The Balaban J connectivity index is 1.43. The van der Waals surface area contributed by atoms with Gasteiger partial charge < -0.3 is 4.42 Å². The molecule has 4 nitrogen and oxygen atoms in total. The fraction of sp³-hybridized carbons (Fsp3) is 0. The SMILES string of the molecule is c1ccc(-c2ccc(-c3nc4nc(n3)c3ccccc3c3cc(cc5c6ccccc6oc53)c3ccccc43)cc2)cc1. The number of hydrogen-bond donors (Lipinski definition) is 0. The Bertz CT molecular complexity index is 2550. The monoisotopic (exact) mass is 549 g/mol. The number of furan rings is 1. The second-order valence-corrected chi connectivity index (χ2v) is 10.8. The summed E-state index contributed by atoms with van der Waals surface area (Å²) in [5.74, 6) is 0.641. The maximum absolute atomic E-state index is 6.52. The van der Waals surface area contributed by atoms with Crippen molar-refractivity contribution in [1.29, 1.82) is 0 Å². The molecule has 0 spiro atoms. The molecule has 0 saturated heterocycles. The average molecular weight is 550 g/mol. The summed E-state index contributed by atoms with van der Waals surface area (Å²) in [4.78, 5) is 15.2. The maximum atomic E-state index is 6.52. The lowest BCUT2D eigenvalue weighted by Gasteiger charge is -2.08. The van der Waals surface area contributed by atoms with Crippen LogP contribution < -0.4 is 0 Å². The lowest BCUT2D eigenvalue weighted by atomic mass is 10.0. The molecule has 9 rings (SSSR count). The number of rotatable bonds is 2. The van der Waals surface area contributed by atoms with Crippen molar-refractivity contribution >= 4 is 65.6 Å². The van der Waals surface area contributed by atoms with E-state index >= 15 is 0 Å². The summed E-state index contributed by atoms with van der Waals surface area (Å²) in [6.45, 7) is 0. The Hall–Kier alpha value is -5.87. The molecule has 3 heterocycles. The summed E-state index contributed by atoms with van der Waals surface area (Å²) in [6.07, 6.45) is 0. The smallest absolute Gasteiger partial charge is 0.164 e. The molecular formula is C39H23N3O. The Morgan fingerprint density at radius 2 is 0.884 bits per heavy atom. The molecule has 0 fully saturated rings. The van der Waals surface area contributed by atoms with Gasteiger partial charge in [-0.05, 0) is 45.5 Å². The summed E-state index contributed by atoms with van der Waals surface area (Å²) in [7, 11) is 0. The van der Waals surface area contributed by atoms with E-state index in [0.29, 0.717) is 17.1 Å². The average Bonchev–Trinajstić information content (AvgIpc) is 3.46. The van der Waals surface area contributed by atoms with Crippen LogP contribution in [0.3, 0.4) is 0 Å². The van der Waals surface area contributed by atoms with Crippen molar-refractivity contribution in [2.75, 3.05) is 0 Å². The highest BCUT2D eigenvalue weighted by molar-refractivity contribution is 6.22. The highest BCUT2D eigenvalue weighted by Gasteiger charge is 2.15. The van der Waals surface area contributed by atoms with E-state index < -0.39 is 0 Å². The molecule has 0 unspecified atom stereocenters. The molecule has 0 amide bonds. The highest BCUT2D eigenvalue weighted by atomic mass is 16.3. The predicted molar refractivity (Wildman–Crippen MR) is 177 cm³/mol. The van der Waals surface area contributed by atoms with Crippen LogP contribution in [0.2, 0.25) is 0 Å². The van der Waals surface area contributed by atoms with Gasteiger partial charge in [-0.2, -0.15) is 0 Å². The van der Waals surface area contributed by atoms with Crippen LogP contribution in [0.4, 0.5) is 0 Å². The normalized spacial score (nSPS) is 11.7. The number of hydrogen-bond acceptors (Lipinski definition) is 4. The zero-order valence-corrected chi connectivity index (χ0v) is 23.0. The molecule has 9 aromatic rings. The zero-order valence-electron chi connectivity index (χ0n) is 23.0. The third-order valence-corrected chi connectivity index (χ3v) is 8.30. The summed E-state index contributed by atoms with van der Waals surface area (Å²) < 4.78 is 6.52. The van der Waals surface area contributed by atoms with E-state index in [-0.39, 0.29) is 0 Å². The van der Waals surface area contributed by atoms with Crippen LogP contribution in [0.25, 0.3) is 88.1 Å². The first-order valence-corrected chi connectivity index (χ1v) is 14.4. The van der Waals surface area contributed by atoms with Gasteiger partial charge in [-0.25, -0.2) is 15.0 Å². The molecule has 6 aromatic carbocycles. The predicted octanol–water partition coefficient (Wildman–Crippen LogP) is 10.3. The molecule has 3 aromatic heterocycles. The van der Waals surface area contributed by atoms with E-state index in [1.165, 1.54) is 5.56 Å². The molecule has 0 saturated carbocycles. The van der Waals surface area contributed by atoms with Crippen LogP contribution >= 0.6 is 0 Å². The Morgan fingerprint density at radius 1 is 0.372 bits per heavy atom. The topological polar surface area (TPSA) is 51.8 Å². The van der Waals surface area contributed by atoms with E-state index in [1.807, 2.05) is 30.3 Å². The third-order valence-electron chi connectivity index (χ3n) is 8.30. The van der Waals surface area contributed by atoms with Crippen LogP contribution in [0.1, 0.15) is 0 Å². The van der Waals surface area contributed by atoms with Crippen molar-refractivity contribution < 1.29 is 4.42 Å². The highest BCUT2D eigenvalue weighted by Crippen LogP contribution is 2.38. The molecule has 0 aliphatic heterocycles. The van der Waals surface area contributed by atoms with Crippen molar-refractivity contribution in [3.8, 4) is 22.5 Å². The summed E-state index contributed by atoms with van der Waals surface area (Å²) in [5, 5.41) is 8.29. The summed E-state index contributed by atoms with van der Waals surface area (Å²) >= 11 is 0. The van der Waals surface area contributed by atoms with E-state index in [9.17, 15) is 0 Å². The van der Waals surface area contributed by atoms with Crippen LogP contribution in [-0.2, 0) is 0 Å². The molecular weight excluding hydrogens is 526 g/mol. The molecule has 0 radical (unpaired) electrons. The second-order valence-electron chi connectivity index (χ2n) is 10.8. The standard InChI is InChI=1S/C39H23N3O/c1-2-10-24(11-3-1)25-18-20-26(21-19-25)37-40-38-31-15-6-4-12-28(31)27-22-33(29-13-5-7-16-32(29)39(41-37)42-38)36-34(23-27)30-14-8-9-17-35(30)43-36/h1-23H. The Labute approximate surface area is 246 Å². The molecule has 0 aliphatic rings. The minimum Gasteiger partial charge on any atom is -0.455 e. The maximum Gasteiger partial charge on any atom is 0.164 e. The number of nitrogens with zero attached hydrogens (tertiary/aromatic N) is 3. The van der Waals surface area contributed by atoms with Gasteiger partial charge in [0, 0.05) is 32.5 Å². The van der Waals surface area contributed by atoms with Gasteiger partial charge in [0.15, 0.2) is 17.1 Å². The van der Waals surface area contributed by atoms with Crippen LogP contribution in [0.5, 0.6) is 0 Å². The van der Waals surface area contributed by atoms with Crippen molar-refractivity contribution in [3.63, 3.8) is 0 Å². The van der Waals surface area contributed by atoms with Gasteiger partial charge in [-0.15, -0.1) is 0 Å². The molecule has 200 valence electrons. The van der Waals surface area contributed by atoms with Gasteiger partial charge in [0.05, 0.1) is 0 Å². The summed E-state index contributed by atoms with van der Waals surface area (Å²) in [5.41, 5.74) is 6.28. The minimum absolute atomic E-state index is 0.633. The van der Waals surface area contributed by atoms with E-state index in [1.54, 1.807) is 0 Å². The quantitative estimate of drug-likeness (QED) is 0.215. The van der Waals surface area contributed by atoms with Crippen molar-refractivity contribution in [2.45, 2.75) is 0 Å². The van der Waals surface area contributed by atoms with Crippen molar-refractivity contribution in [1.82, 2.24) is 15.0 Å². The number of para-hydroxylation sites is 1. The third kappa shape index (κ3) is 3.81. The number of aromatic nitrogens is 3. The number of benzene rings is 6. The molecule has 4 bridgehead atoms. The Morgan fingerprint density at radius 3 is 1.60 bits per heavy atom. The van der Waals surface area contributed by atoms with Gasteiger partial charge in [-0.1, -0.05) is 121 Å². The molecule has 43 heavy (non-hydrogen) atoms. The Kier molecular flexibility index (Phi) is 5.16. The van der Waals surface area contributed by atoms with Crippen molar-refractivity contribution in [3.05, 3.63) is 140 Å². The first-order valence-electron chi connectivity index (χ1n) is 14.4. The number of fused-ring (bicyclic) bond motifs is 14. The lowest BCUT2D eigenvalue weighted by molar-refractivity contribution is 0.673. The largest absolute Gasteiger partial charge is 0.455 e. The van der Waals surface area contributed by atoms with Gasteiger partial charge in [-0.3, -0.25) is 0 Å². The van der Waals surface area contributed by atoms with Gasteiger partial charge in [0.25, 0.3) is 0 Å². The van der Waals surface area contributed by atoms with Crippen LogP contribution in [0.15, 0.2) is 144 Å². The molecule has 0 aliphatic carbocycles. The lowest BCUT2D eigenvalue weighted by Crippen LogP contribution is -1.95. The van der Waals surface area contributed by atoms with Crippen molar-refractivity contribution in [2.24, 2.45) is 0 Å². The first kappa shape index (κ1) is 23.8. The zero-order chi connectivity index (χ0) is 28.3. The fourth-order valence-electron chi connectivity index (χ4n) is 6.21. The molecule has 0 N–H and O–H groups in total. The van der Waals surface area contributed by atoms with Crippen LogP contribution in [-0.4, -0.2) is 15.0 Å². The second kappa shape index (κ2) is 9.33. The minimum atomic E-state index is 0.633. The first-order chi connectivity index (χ1) is 21.3. The van der Waals surface area contributed by atoms with Gasteiger partial charge in [0.1, 0.15) is 11.2 Å². The molecule has 4 heteroatoms. The van der Waals surface area contributed by atoms with Crippen LogP contribution in [0, 0.1) is 0 Å². The molecule has 0 atom stereocenters. The fourth-order valence-corrected chi connectivity index (χ4v) is 6.21. The van der Waals surface area contributed by atoms with E-state index in [2.05, 4.69) is 109 Å². The van der Waals surface area contributed by atoms with Gasteiger partial charge >= 0.3 is 0 Å². The van der Waals surface area contributed by atoms with E-state index in [4.69, 9.17) is 19.4 Å².